The molecule has 0 aliphatic carbocycles. The Hall–Kier alpha value is -1.63. The lowest BCUT2D eigenvalue weighted by Crippen LogP contribution is -2.48. The van der Waals surface area contributed by atoms with Gasteiger partial charge < -0.3 is 15.7 Å². The van der Waals surface area contributed by atoms with Crippen LogP contribution in [0.5, 0.6) is 0 Å². The lowest BCUT2D eigenvalue weighted by molar-refractivity contribution is -0.142. The lowest BCUT2D eigenvalue weighted by Gasteiger charge is -2.23. The van der Waals surface area contributed by atoms with Crippen LogP contribution in [0, 0.1) is 0 Å². The van der Waals surface area contributed by atoms with Gasteiger partial charge in [0.05, 0.1) is 0 Å². The Morgan fingerprint density at radius 1 is 1.53 bits per heavy atom. The Labute approximate surface area is 99.2 Å². The molecular formula is C10H17N3O4. The Morgan fingerprint density at radius 3 is 2.82 bits per heavy atom. The van der Waals surface area contributed by atoms with Crippen molar-refractivity contribution in [3.8, 4) is 0 Å². The second-order valence-corrected chi connectivity index (χ2v) is 3.99. The summed E-state index contributed by atoms with van der Waals surface area (Å²) in [7, 11) is 0. The van der Waals surface area contributed by atoms with E-state index in [4.69, 9.17) is 5.11 Å². The van der Waals surface area contributed by atoms with Gasteiger partial charge in [-0.15, -0.1) is 0 Å². The topological polar surface area (TPSA) is 98.7 Å². The average Bonchev–Trinajstić information content (AvgIpc) is 2.42. The molecule has 0 saturated carbocycles. The number of hydrogen-bond acceptors (Lipinski definition) is 4. The standard InChI is InChI=1S/C10H17N3O4/c1-7(14)12-8(10(16)17)6-13-4-2-9(15)11-3-5-13/h8H,2-6H2,1H3,(H,11,15)(H,12,14)(H,16,17). The maximum Gasteiger partial charge on any atom is 0.327 e. The minimum atomic E-state index is -1.07. The molecule has 1 heterocycles. The number of aliphatic carboxylic acids is 1. The first-order valence-electron chi connectivity index (χ1n) is 5.48. The molecule has 1 rings (SSSR count). The van der Waals surface area contributed by atoms with Crippen LogP contribution in [0.4, 0.5) is 0 Å². The summed E-state index contributed by atoms with van der Waals surface area (Å²) in [5.41, 5.74) is 0. The molecule has 1 fully saturated rings. The highest BCUT2D eigenvalue weighted by Gasteiger charge is 2.23. The van der Waals surface area contributed by atoms with E-state index in [2.05, 4.69) is 10.6 Å². The van der Waals surface area contributed by atoms with Gasteiger partial charge in [-0.25, -0.2) is 4.79 Å². The molecule has 0 aromatic carbocycles. The number of hydrogen-bond donors (Lipinski definition) is 3. The Morgan fingerprint density at radius 2 is 2.24 bits per heavy atom. The van der Waals surface area contributed by atoms with E-state index in [0.717, 1.165) is 0 Å². The van der Waals surface area contributed by atoms with Crippen molar-refractivity contribution >= 4 is 17.8 Å². The quantitative estimate of drug-likeness (QED) is 0.552. The van der Waals surface area contributed by atoms with Gasteiger partial charge in [-0.05, 0) is 0 Å². The second kappa shape index (κ2) is 6.19. The molecule has 0 aromatic rings. The van der Waals surface area contributed by atoms with E-state index in [0.29, 0.717) is 26.1 Å². The minimum Gasteiger partial charge on any atom is -0.480 e. The molecule has 0 bridgehead atoms. The average molecular weight is 243 g/mol. The zero-order valence-electron chi connectivity index (χ0n) is 9.73. The van der Waals surface area contributed by atoms with Crippen LogP contribution in [0.2, 0.25) is 0 Å². The van der Waals surface area contributed by atoms with Crippen LogP contribution < -0.4 is 10.6 Å². The summed E-state index contributed by atoms with van der Waals surface area (Å²) < 4.78 is 0. The highest BCUT2D eigenvalue weighted by Crippen LogP contribution is 1.99. The maximum absolute atomic E-state index is 11.1. The summed E-state index contributed by atoms with van der Waals surface area (Å²) in [6.07, 6.45) is 0.354. The Kier molecular flexibility index (Phi) is 4.89. The van der Waals surface area contributed by atoms with Gasteiger partial charge in [-0.1, -0.05) is 0 Å². The zero-order chi connectivity index (χ0) is 12.8. The van der Waals surface area contributed by atoms with E-state index < -0.39 is 12.0 Å². The summed E-state index contributed by atoms with van der Waals surface area (Å²) in [5.74, 6) is -1.47. The van der Waals surface area contributed by atoms with Crippen molar-refractivity contribution in [1.29, 1.82) is 0 Å². The number of carboxylic acids is 1. The van der Waals surface area contributed by atoms with Crippen LogP contribution in [-0.2, 0) is 14.4 Å². The Bertz CT molecular complexity index is 319. The summed E-state index contributed by atoms with van der Waals surface area (Å²) in [5, 5.41) is 14.0. The molecule has 1 aliphatic rings. The maximum atomic E-state index is 11.1. The molecule has 7 heteroatoms. The van der Waals surface area contributed by atoms with E-state index in [9.17, 15) is 14.4 Å². The molecule has 17 heavy (non-hydrogen) atoms. The fourth-order valence-electron chi connectivity index (χ4n) is 1.68. The van der Waals surface area contributed by atoms with Crippen LogP contribution in [0.3, 0.4) is 0 Å². The third-order valence-electron chi connectivity index (χ3n) is 2.52. The summed E-state index contributed by atoms with van der Waals surface area (Å²) in [6.45, 7) is 3.10. The normalized spacial score (nSPS) is 19.0. The summed E-state index contributed by atoms with van der Waals surface area (Å²) in [6, 6.07) is -0.930. The first-order valence-corrected chi connectivity index (χ1v) is 5.48. The largest absolute Gasteiger partial charge is 0.480 e. The molecule has 1 aliphatic heterocycles. The highest BCUT2D eigenvalue weighted by atomic mass is 16.4. The minimum absolute atomic E-state index is 0.0288. The molecule has 0 radical (unpaired) electrons. The highest BCUT2D eigenvalue weighted by molar-refractivity contribution is 5.82. The van der Waals surface area contributed by atoms with Crippen LogP contribution in [0.1, 0.15) is 13.3 Å². The van der Waals surface area contributed by atoms with Gasteiger partial charge in [0.2, 0.25) is 11.8 Å². The lowest BCUT2D eigenvalue weighted by atomic mass is 10.2. The zero-order valence-corrected chi connectivity index (χ0v) is 9.73. The number of carbonyl (C=O) groups excluding carboxylic acids is 2. The van der Waals surface area contributed by atoms with Crippen molar-refractivity contribution in [2.75, 3.05) is 26.2 Å². The molecule has 96 valence electrons. The van der Waals surface area contributed by atoms with Crippen LogP contribution in [-0.4, -0.2) is 60.0 Å². The smallest absolute Gasteiger partial charge is 0.327 e. The van der Waals surface area contributed by atoms with Gasteiger partial charge in [-0.2, -0.15) is 0 Å². The molecular weight excluding hydrogens is 226 g/mol. The number of nitrogens with zero attached hydrogens (tertiary/aromatic N) is 1. The van der Waals surface area contributed by atoms with Crippen molar-refractivity contribution in [3.05, 3.63) is 0 Å². The van der Waals surface area contributed by atoms with Gasteiger partial charge in [0, 0.05) is 39.5 Å². The fourth-order valence-corrected chi connectivity index (χ4v) is 1.68. The van der Waals surface area contributed by atoms with Crippen LogP contribution in [0.25, 0.3) is 0 Å². The number of nitrogens with one attached hydrogen (secondary N) is 2. The van der Waals surface area contributed by atoms with Gasteiger partial charge in [-0.3, -0.25) is 14.5 Å². The third kappa shape index (κ3) is 4.81. The van der Waals surface area contributed by atoms with Gasteiger partial charge in [0.15, 0.2) is 0 Å². The molecule has 2 amide bonds. The third-order valence-corrected chi connectivity index (χ3v) is 2.52. The molecule has 0 spiro atoms. The predicted molar refractivity (Wildman–Crippen MR) is 59.3 cm³/mol. The van der Waals surface area contributed by atoms with E-state index in [1.165, 1.54) is 6.92 Å². The van der Waals surface area contributed by atoms with Crippen molar-refractivity contribution in [1.82, 2.24) is 15.5 Å². The summed E-state index contributed by atoms with van der Waals surface area (Å²) in [4.78, 5) is 34.8. The van der Waals surface area contributed by atoms with Crippen molar-refractivity contribution < 1.29 is 19.5 Å². The number of rotatable bonds is 4. The van der Waals surface area contributed by atoms with Gasteiger partial charge in [0.25, 0.3) is 0 Å². The first kappa shape index (κ1) is 13.4. The van der Waals surface area contributed by atoms with Gasteiger partial charge in [0.1, 0.15) is 6.04 Å². The van der Waals surface area contributed by atoms with Crippen molar-refractivity contribution in [2.24, 2.45) is 0 Å². The SMILES string of the molecule is CC(=O)NC(CN1CCNC(=O)CC1)C(=O)O. The first-order chi connectivity index (χ1) is 7.99. The summed E-state index contributed by atoms with van der Waals surface area (Å²) >= 11 is 0. The van der Waals surface area contributed by atoms with Gasteiger partial charge >= 0.3 is 5.97 Å². The predicted octanol–water partition coefficient (Wildman–Crippen LogP) is -1.60. The second-order valence-electron chi connectivity index (χ2n) is 3.99. The van der Waals surface area contributed by atoms with E-state index in [-0.39, 0.29) is 18.4 Å². The molecule has 1 saturated heterocycles. The molecule has 0 aromatic heterocycles. The van der Waals surface area contributed by atoms with Crippen LogP contribution >= 0.6 is 0 Å². The molecule has 1 unspecified atom stereocenters. The van der Waals surface area contributed by atoms with E-state index in [1.807, 2.05) is 4.90 Å². The monoisotopic (exact) mass is 243 g/mol. The van der Waals surface area contributed by atoms with Crippen molar-refractivity contribution in [2.45, 2.75) is 19.4 Å². The fraction of sp³-hybridized carbons (Fsp3) is 0.700. The number of carbonyl (C=O) groups is 3. The van der Waals surface area contributed by atoms with E-state index >= 15 is 0 Å². The van der Waals surface area contributed by atoms with E-state index in [1.54, 1.807) is 0 Å². The molecule has 1 atom stereocenters. The molecule has 3 N–H and O–H groups in total. The number of carboxylic acid groups (broad SMARTS) is 1. The number of amides is 2. The van der Waals surface area contributed by atoms with Crippen molar-refractivity contribution in [3.63, 3.8) is 0 Å². The Balaban J connectivity index is 2.51. The molecule has 7 nitrogen and oxygen atoms in total. The van der Waals surface area contributed by atoms with Crippen LogP contribution in [0.15, 0.2) is 0 Å².